The van der Waals surface area contributed by atoms with E-state index in [1.165, 1.54) is 5.56 Å². The molecule has 2 heteroatoms. The number of hydrogen-bond acceptors (Lipinski definition) is 2. The van der Waals surface area contributed by atoms with E-state index >= 15 is 0 Å². The van der Waals surface area contributed by atoms with Crippen molar-refractivity contribution in [1.29, 1.82) is 0 Å². The SMILES string of the molecule is CC1=NC(c2ccccc2)CCO1. The molecule has 1 unspecified atom stereocenters. The van der Waals surface area contributed by atoms with Gasteiger partial charge in [-0.05, 0) is 5.56 Å². The van der Waals surface area contributed by atoms with Crippen LogP contribution in [0.15, 0.2) is 35.3 Å². The first-order chi connectivity index (χ1) is 6.36. The molecular formula is C11H13NO. The van der Waals surface area contributed by atoms with E-state index in [0.717, 1.165) is 18.9 Å². The van der Waals surface area contributed by atoms with Crippen LogP contribution in [0.4, 0.5) is 0 Å². The van der Waals surface area contributed by atoms with Crippen LogP contribution in [-0.2, 0) is 4.74 Å². The van der Waals surface area contributed by atoms with E-state index in [4.69, 9.17) is 4.74 Å². The Hall–Kier alpha value is -1.31. The molecule has 68 valence electrons. The molecule has 0 saturated carbocycles. The summed E-state index contributed by atoms with van der Waals surface area (Å²) in [6.45, 7) is 2.70. The molecule has 1 aliphatic rings. The lowest BCUT2D eigenvalue weighted by atomic mass is 10.0. The maximum Gasteiger partial charge on any atom is 0.180 e. The Balaban J connectivity index is 2.22. The number of benzene rings is 1. The van der Waals surface area contributed by atoms with Crippen LogP contribution in [-0.4, -0.2) is 12.5 Å². The molecule has 2 nitrogen and oxygen atoms in total. The highest BCUT2D eigenvalue weighted by Crippen LogP contribution is 2.23. The summed E-state index contributed by atoms with van der Waals surface area (Å²) >= 11 is 0. The summed E-state index contributed by atoms with van der Waals surface area (Å²) in [5, 5.41) is 0. The molecular weight excluding hydrogens is 162 g/mol. The molecule has 1 aliphatic heterocycles. The van der Waals surface area contributed by atoms with Gasteiger partial charge >= 0.3 is 0 Å². The molecule has 0 radical (unpaired) electrons. The molecule has 0 amide bonds. The Kier molecular flexibility index (Phi) is 2.30. The monoisotopic (exact) mass is 175 g/mol. The van der Waals surface area contributed by atoms with Crippen molar-refractivity contribution in [1.82, 2.24) is 0 Å². The fourth-order valence-corrected chi connectivity index (χ4v) is 1.56. The zero-order chi connectivity index (χ0) is 9.10. The second kappa shape index (κ2) is 3.60. The highest BCUT2D eigenvalue weighted by Gasteiger charge is 2.14. The molecule has 0 saturated heterocycles. The van der Waals surface area contributed by atoms with Gasteiger partial charge in [0.1, 0.15) is 0 Å². The van der Waals surface area contributed by atoms with Crippen molar-refractivity contribution >= 4 is 5.90 Å². The van der Waals surface area contributed by atoms with Gasteiger partial charge in [0.25, 0.3) is 0 Å². The highest BCUT2D eigenvalue weighted by molar-refractivity contribution is 5.73. The lowest BCUT2D eigenvalue weighted by Gasteiger charge is -2.19. The van der Waals surface area contributed by atoms with Crippen LogP contribution in [0.2, 0.25) is 0 Å². The van der Waals surface area contributed by atoms with E-state index in [2.05, 4.69) is 29.3 Å². The number of ether oxygens (including phenoxy) is 1. The van der Waals surface area contributed by atoms with Crippen LogP contribution >= 0.6 is 0 Å². The fourth-order valence-electron chi connectivity index (χ4n) is 1.56. The minimum Gasteiger partial charge on any atom is -0.481 e. The number of nitrogens with zero attached hydrogens (tertiary/aromatic N) is 1. The molecule has 1 aromatic rings. The van der Waals surface area contributed by atoms with Crippen molar-refractivity contribution in [3.63, 3.8) is 0 Å². The maximum absolute atomic E-state index is 5.28. The van der Waals surface area contributed by atoms with Crippen molar-refractivity contribution in [2.75, 3.05) is 6.61 Å². The van der Waals surface area contributed by atoms with E-state index in [-0.39, 0.29) is 0 Å². The van der Waals surface area contributed by atoms with Gasteiger partial charge in [0, 0.05) is 13.3 Å². The first-order valence-electron chi connectivity index (χ1n) is 4.58. The molecule has 0 aliphatic carbocycles. The predicted molar refractivity (Wildman–Crippen MR) is 52.9 cm³/mol. The molecule has 0 fully saturated rings. The van der Waals surface area contributed by atoms with E-state index in [1.807, 2.05) is 13.0 Å². The van der Waals surface area contributed by atoms with Gasteiger partial charge in [-0.25, -0.2) is 4.99 Å². The van der Waals surface area contributed by atoms with Gasteiger partial charge in [-0.3, -0.25) is 0 Å². The highest BCUT2D eigenvalue weighted by atomic mass is 16.5. The molecule has 1 heterocycles. The largest absolute Gasteiger partial charge is 0.481 e. The first-order valence-corrected chi connectivity index (χ1v) is 4.58. The van der Waals surface area contributed by atoms with Crippen molar-refractivity contribution < 1.29 is 4.74 Å². The van der Waals surface area contributed by atoms with Crippen LogP contribution in [0, 0.1) is 0 Å². The molecule has 2 rings (SSSR count). The molecule has 0 N–H and O–H groups in total. The maximum atomic E-state index is 5.28. The van der Waals surface area contributed by atoms with Gasteiger partial charge in [-0.1, -0.05) is 30.3 Å². The molecule has 13 heavy (non-hydrogen) atoms. The van der Waals surface area contributed by atoms with Gasteiger partial charge in [0.05, 0.1) is 12.6 Å². The summed E-state index contributed by atoms with van der Waals surface area (Å²) in [4.78, 5) is 4.45. The van der Waals surface area contributed by atoms with E-state index < -0.39 is 0 Å². The Morgan fingerprint density at radius 2 is 2.08 bits per heavy atom. The summed E-state index contributed by atoms with van der Waals surface area (Å²) in [5.41, 5.74) is 1.28. The average molecular weight is 175 g/mol. The minimum absolute atomic E-state index is 0.301. The standard InChI is InChI=1S/C11H13NO/c1-9-12-11(7-8-13-9)10-5-3-2-4-6-10/h2-6,11H,7-8H2,1H3. The third-order valence-electron chi connectivity index (χ3n) is 2.22. The molecule has 1 atom stereocenters. The van der Waals surface area contributed by atoms with Crippen molar-refractivity contribution in [3.8, 4) is 0 Å². The normalized spacial score (nSPS) is 21.9. The fraction of sp³-hybridized carbons (Fsp3) is 0.364. The zero-order valence-corrected chi connectivity index (χ0v) is 7.73. The van der Waals surface area contributed by atoms with Crippen LogP contribution in [0.1, 0.15) is 24.9 Å². The van der Waals surface area contributed by atoms with Crippen LogP contribution in [0.5, 0.6) is 0 Å². The van der Waals surface area contributed by atoms with Gasteiger partial charge < -0.3 is 4.74 Å². The van der Waals surface area contributed by atoms with Crippen molar-refractivity contribution in [2.24, 2.45) is 4.99 Å². The summed E-state index contributed by atoms with van der Waals surface area (Å²) in [7, 11) is 0. The molecule has 0 aromatic heterocycles. The number of aliphatic imine (C=N–C) groups is 1. The topological polar surface area (TPSA) is 21.6 Å². The van der Waals surface area contributed by atoms with Crippen molar-refractivity contribution in [3.05, 3.63) is 35.9 Å². The van der Waals surface area contributed by atoms with Gasteiger partial charge in [-0.2, -0.15) is 0 Å². The second-order valence-electron chi connectivity index (χ2n) is 3.21. The molecule has 0 spiro atoms. The molecule has 1 aromatic carbocycles. The lowest BCUT2D eigenvalue weighted by molar-refractivity contribution is 0.258. The number of hydrogen-bond donors (Lipinski definition) is 0. The quantitative estimate of drug-likeness (QED) is 0.642. The summed E-state index contributed by atoms with van der Waals surface area (Å²) in [6.07, 6.45) is 0.987. The first kappa shape index (κ1) is 8.30. The number of rotatable bonds is 1. The van der Waals surface area contributed by atoms with Gasteiger partial charge in [0.2, 0.25) is 0 Å². The van der Waals surface area contributed by atoms with E-state index in [0.29, 0.717) is 6.04 Å². The van der Waals surface area contributed by atoms with Crippen LogP contribution < -0.4 is 0 Å². The zero-order valence-electron chi connectivity index (χ0n) is 7.73. The predicted octanol–water partition coefficient (Wildman–Crippen LogP) is 2.57. The van der Waals surface area contributed by atoms with Gasteiger partial charge in [0.15, 0.2) is 5.90 Å². The van der Waals surface area contributed by atoms with Gasteiger partial charge in [-0.15, -0.1) is 0 Å². The summed E-state index contributed by atoms with van der Waals surface area (Å²) < 4.78 is 5.28. The third-order valence-corrected chi connectivity index (χ3v) is 2.22. The van der Waals surface area contributed by atoms with E-state index in [1.54, 1.807) is 0 Å². The average Bonchev–Trinajstić information content (AvgIpc) is 2.19. The Labute approximate surface area is 78.3 Å². The minimum atomic E-state index is 0.301. The van der Waals surface area contributed by atoms with Crippen LogP contribution in [0.3, 0.4) is 0 Å². The third kappa shape index (κ3) is 1.89. The Morgan fingerprint density at radius 3 is 2.77 bits per heavy atom. The second-order valence-corrected chi connectivity index (χ2v) is 3.21. The van der Waals surface area contributed by atoms with Crippen LogP contribution in [0.25, 0.3) is 0 Å². The Bertz CT molecular complexity index is 305. The van der Waals surface area contributed by atoms with E-state index in [9.17, 15) is 0 Å². The Morgan fingerprint density at radius 1 is 1.31 bits per heavy atom. The smallest absolute Gasteiger partial charge is 0.180 e. The summed E-state index contributed by atoms with van der Waals surface area (Å²) in [5.74, 6) is 0.806. The van der Waals surface area contributed by atoms with Crippen molar-refractivity contribution in [2.45, 2.75) is 19.4 Å². The molecule has 0 bridgehead atoms. The lowest BCUT2D eigenvalue weighted by Crippen LogP contribution is -2.13. The summed E-state index contributed by atoms with van der Waals surface area (Å²) in [6, 6.07) is 10.7.